The van der Waals surface area contributed by atoms with Crippen LogP contribution in [0.3, 0.4) is 0 Å². The molecule has 0 bridgehead atoms. The van der Waals surface area contributed by atoms with Crippen LogP contribution in [0.1, 0.15) is 17.2 Å². The lowest BCUT2D eigenvalue weighted by atomic mass is 10.0. The van der Waals surface area contributed by atoms with Crippen molar-refractivity contribution in [2.45, 2.75) is 6.04 Å². The predicted molar refractivity (Wildman–Crippen MR) is 109 cm³/mol. The van der Waals surface area contributed by atoms with Gasteiger partial charge in [-0.05, 0) is 35.9 Å². The fraction of sp³-hybridized carbons (Fsp3) is 0.238. The maximum Gasteiger partial charge on any atom is 0.226 e. The Bertz CT molecular complexity index is 1060. The van der Waals surface area contributed by atoms with Gasteiger partial charge in [0.15, 0.2) is 11.5 Å². The van der Waals surface area contributed by atoms with E-state index in [1.807, 2.05) is 41.1 Å². The maximum atomic E-state index is 5.58. The fourth-order valence-electron chi connectivity index (χ4n) is 3.39. The van der Waals surface area contributed by atoms with Crippen molar-refractivity contribution in [2.24, 2.45) is 0 Å². The maximum absolute atomic E-state index is 5.58. The molecule has 0 amide bonds. The van der Waals surface area contributed by atoms with Crippen LogP contribution in [0.2, 0.25) is 0 Å². The zero-order chi connectivity index (χ0) is 20.4. The summed E-state index contributed by atoms with van der Waals surface area (Å²) in [4.78, 5) is 4.35. The molecule has 0 saturated carbocycles. The first-order valence-corrected chi connectivity index (χ1v) is 9.01. The van der Waals surface area contributed by atoms with Gasteiger partial charge >= 0.3 is 0 Å². The summed E-state index contributed by atoms with van der Waals surface area (Å²) in [7, 11) is 6.50. The summed E-state index contributed by atoms with van der Waals surface area (Å²) in [5.74, 6) is 3.39. The summed E-state index contributed by atoms with van der Waals surface area (Å²) in [6.45, 7) is 0. The molecule has 29 heavy (non-hydrogen) atoms. The number of nitrogens with one attached hydrogen (secondary N) is 1. The molecule has 1 aromatic heterocycles. The molecule has 1 aliphatic rings. The highest BCUT2D eigenvalue weighted by atomic mass is 16.5. The monoisotopic (exact) mass is 394 g/mol. The van der Waals surface area contributed by atoms with Gasteiger partial charge in [0.05, 0.1) is 34.1 Å². The van der Waals surface area contributed by atoms with E-state index >= 15 is 0 Å². The molecule has 0 fully saturated rings. The van der Waals surface area contributed by atoms with Crippen molar-refractivity contribution in [3.8, 4) is 23.0 Å². The van der Waals surface area contributed by atoms with E-state index in [0.29, 0.717) is 23.2 Å². The molecule has 8 heteroatoms. The van der Waals surface area contributed by atoms with E-state index in [9.17, 15) is 0 Å². The highest BCUT2D eigenvalue weighted by Gasteiger charge is 2.25. The molecule has 2 aromatic carbocycles. The molecule has 0 aliphatic carbocycles. The summed E-state index contributed by atoms with van der Waals surface area (Å²) in [5, 5.41) is 7.72. The Hall–Kier alpha value is -3.68. The third-order valence-corrected chi connectivity index (χ3v) is 4.86. The molecule has 1 aliphatic heterocycles. The standard InChI is InChI=1S/C21H22N4O4/c1-26-14-6-7-15(19(10-14)28-3)16-11-17(25-21(24-16)22-12-23-25)13-5-8-18(27-2)20(9-13)29-4/h5-12,17H,1-4H3,(H,22,23,24)/t17-/m0/s1. The van der Waals surface area contributed by atoms with Crippen molar-refractivity contribution in [2.75, 3.05) is 33.8 Å². The number of fused-ring (bicyclic) bond motifs is 1. The SMILES string of the molecule is COc1ccc(C2=C[C@@H](c3ccc(OC)c(OC)c3)n3ncnc3N2)c(OC)c1. The normalized spacial score (nSPS) is 15.0. The number of aromatic nitrogens is 3. The van der Waals surface area contributed by atoms with E-state index in [2.05, 4.69) is 21.5 Å². The average Bonchev–Trinajstić information content (AvgIpc) is 3.26. The first kappa shape index (κ1) is 18.7. The van der Waals surface area contributed by atoms with Gasteiger partial charge in [0.25, 0.3) is 0 Å². The molecule has 1 atom stereocenters. The van der Waals surface area contributed by atoms with Crippen molar-refractivity contribution in [3.63, 3.8) is 0 Å². The molecular formula is C21H22N4O4. The molecule has 0 unspecified atom stereocenters. The van der Waals surface area contributed by atoms with Crippen molar-refractivity contribution in [1.29, 1.82) is 0 Å². The smallest absolute Gasteiger partial charge is 0.226 e. The lowest BCUT2D eigenvalue weighted by Crippen LogP contribution is -2.20. The zero-order valence-corrected chi connectivity index (χ0v) is 16.7. The lowest BCUT2D eigenvalue weighted by molar-refractivity contribution is 0.354. The van der Waals surface area contributed by atoms with Crippen LogP contribution in [-0.4, -0.2) is 43.2 Å². The van der Waals surface area contributed by atoms with Crippen molar-refractivity contribution < 1.29 is 18.9 Å². The Labute approximate surface area is 168 Å². The number of hydrogen-bond donors (Lipinski definition) is 1. The van der Waals surface area contributed by atoms with Gasteiger partial charge in [-0.15, -0.1) is 0 Å². The molecule has 150 valence electrons. The molecule has 8 nitrogen and oxygen atoms in total. The Balaban J connectivity index is 1.81. The van der Waals surface area contributed by atoms with E-state index in [1.54, 1.807) is 28.4 Å². The van der Waals surface area contributed by atoms with E-state index in [-0.39, 0.29) is 6.04 Å². The van der Waals surface area contributed by atoms with Crippen molar-refractivity contribution in [3.05, 3.63) is 59.9 Å². The Kier molecular flexibility index (Phi) is 4.99. The Morgan fingerprint density at radius 2 is 1.66 bits per heavy atom. The number of ether oxygens (including phenoxy) is 4. The lowest BCUT2D eigenvalue weighted by Gasteiger charge is -2.25. The largest absolute Gasteiger partial charge is 0.497 e. The molecule has 4 rings (SSSR count). The van der Waals surface area contributed by atoms with Crippen LogP contribution in [0, 0.1) is 0 Å². The molecule has 0 radical (unpaired) electrons. The summed E-state index contributed by atoms with van der Waals surface area (Å²) < 4.78 is 23.5. The van der Waals surface area contributed by atoms with Crippen LogP contribution in [-0.2, 0) is 0 Å². The van der Waals surface area contributed by atoms with E-state index in [1.165, 1.54) is 6.33 Å². The van der Waals surface area contributed by atoms with Crippen molar-refractivity contribution in [1.82, 2.24) is 14.8 Å². The molecular weight excluding hydrogens is 372 g/mol. The van der Waals surface area contributed by atoms with Gasteiger partial charge in [0.2, 0.25) is 5.95 Å². The number of hydrogen-bond acceptors (Lipinski definition) is 7. The predicted octanol–water partition coefficient (Wildman–Crippen LogP) is 3.37. The third kappa shape index (κ3) is 3.33. The van der Waals surface area contributed by atoms with Crippen LogP contribution in [0.5, 0.6) is 23.0 Å². The van der Waals surface area contributed by atoms with Gasteiger partial charge in [-0.25, -0.2) is 4.68 Å². The average molecular weight is 394 g/mol. The summed E-state index contributed by atoms with van der Waals surface area (Å²) in [6.07, 6.45) is 3.60. The van der Waals surface area contributed by atoms with Crippen LogP contribution < -0.4 is 24.3 Å². The number of methoxy groups -OCH3 is 4. The fourth-order valence-corrected chi connectivity index (χ4v) is 3.39. The number of nitrogens with zero attached hydrogens (tertiary/aromatic N) is 3. The second-order valence-corrected chi connectivity index (χ2v) is 6.36. The Morgan fingerprint density at radius 3 is 2.38 bits per heavy atom. The number of rotatable bonds is 6. The van der Waals surface area contributed by atoms with E-state index in [4.69, 9.17) is 18.9 Å². The van der Waals surface area contributed by atoms with E-state index < -0.39 is 0 Å². The molecule has 0 saturated heterocycles. The number of anilines is 1. The minimum absolute atomic E-state index is 0.185. The number of benzene rings is 2. The van der Waals surface area contributed by atoms with Gasteiger partial charge in [-0.2, -0.15) is 10.1 Å². The van der Waals surface area contributed by atoms with Gasteiger partial charge in [-0.1, -0.05) is 6.07 Å². The third-order valence-electron chi connectivity index (χ3n) is 4.86. The topological polar surface area (TPSA) is 79.7 Å². The molecule has 3 aromatic rings. The van der Waals surface area contributed by atoms with Crippen LogP contribution in [0.15, 0.2) is 48.8 Å². The first-order chi connectivity index (χ1) is 14.2. The highest BCUT2D eigenvalue weighted by Crippen LogP contribution is 2.38. The van der Waals surface area contributed by atoms with E-state index in [0.717, 1.165) is 22.6 Å². The molecule has 2 heterocycles. The summed E-state index contributed by atoms with van der Waals surface area (Å²) >= 11 is 0. The Morgan fingerprint density at radius 1 is 0.862 bits per heavy atom. The molecule has 0 spiro atoms. The number of allylic oxidation sites excluding steroid dienone is 1. The van der Waals surface area contributed by atoms with Crippen molar-refractivity contribution >= 4 is 11.6 Å². The quantitative estimate of drug-likeness (QED) is 0.687. The summed E-state index contributed by atoms with van der Waals surface area (Å²) in [5.41, 5.74) is 2.75. The molecule has 1 N–H and O–H groups in total. The minimum atomic E-state index is -0.185. The van der Waals surface area contributed by atoms with Gasteiger partial charge < -0.3 is 24.3 Å². The minimum Gasteiger partial charge on any atom is -0.497 e. The van der Waals surface area contributed by atoms with Gasteiger partial charge in [0, 0.05) is 11.6 Å². The van der Waals surface area contributed by atoms with Crippen LogP contribution >= 0.6 is 0 Å². The first-order valence-electron chi connectivity index (χ1n) is 9.01. The summed E-state index contributed by atoms with van der Waals surface area (Å²) in [6, 6.07) is 11.3. The second kappa shape index (κ2) is 7.75. The van der Waals surface area contributed by atoms with Gasteiger partial charge in [-0.3, -0.25) is 0 Å². The van der Waals surface area contributed by atoms with Crippen LogP contribution in [0.4, 0.5) is 5.95 Å². The highest BCUT2D eigenvalue weighted by molar-refractivity contribution is 5.80. The second-order valence-electron chi connectivity index (χ2n) is 6.36. The zero-order valence-electron chi connectivity index (χ0n) is 16.7. The van der Waals surface area contributed by atoms with Gasteiger partial charge in [0.1, 0.15) is 23.9 Å². The van der Waals surface area contributed by atoms with Crippen LogP contribution in [0.25, 0.3) is 5.70 Å².